The molecule has 0 aromatic heterocycles. The molecule has 1 aliphatic heterocycles. The lowest BCUT2D eigenvalue weighted by Crippen LogP contribution is -2.38. The van der Waals surface area contributed by atoms with Crippen LogP contribution in [-0.2, 0) is 14.6 Å². The molecule has 1 aromatic rings. The average Bonchev–Trinajstić information content (AvgIpc) is 3.01. The van der Waals surface area contributed by atoms with Crippen LogP contribution in [0, 0.1) is 5.92 Å². The third-order valence-electron chi connectivity index (χ3n) is 4.78. The number of sulfone groups is 1. The molecule has 0 spiro atoms. The summed E-state index contributed by atoms with van der Waals surface area (Å²) in [4.78, 5) is 0.404. The van der Waals surface area contributed by atoms with E-state index in [0.29, 0.717) is 11.3 Å². The van der Waals surface area contributed by atoms with Gasteiger partial charge in [0, 0.05) is 5.92 Å². The van der Waals surface area contributed by atoms with Gasteiger partial charge in [-0.15, -0.1) is 0 Å². The number of benzene rings is 1. The van der Waals surface area contributed by atoms with E-state index in [1.54, 1.807) is 24.3 Å². The lowest BCUT2D eigenvalue weighted by molar-refractivity contribution is -0.0152. The molecule has 0 saturated carbocycles. The SMILES string of the molecule is CC(C)=C[C@H]1OC(C)(C)C2C1=CC[C@@H]2S(=O)(=O)c1ccccc1. The van der Waals surface area contributed by atoms with E-state index >= 15 is 0 Å². The monoisotopic (exact) mass is 332 g/mol. The van der Waals surface area contributed by atoms with Crippen LogP contribution in [0.15, 0.2) is 58.5 Å². The summed E-state index contributed by atoms with van der Waals surface area (Å²) in [6.45, 7) is 8.08. The van der Waals surface area contributed by atoms with Crippen molar-refractivity contribution in [2.24, 2.45) is 5.92 Å². The second kappa shape index (κ2) is 5.60. The van der Waals surface area contributed by atoms with Crippen LogP contribution >= 0.6 is 0 Å². The van der Waals surface area contributed by atoms with Gasteiger partial charge in [-0.25, -0.2) is 8.42 Å². The first-order valence-corrected chi connectivity index (χ1v) is 9.60. The molecule has 124 valence electrons. The van der Waals surface area contributed by atoms with E-state index in [1.807, 2.05) is 33.8 Å². The summed E-state index contributed by atoms with van der Waals surface area (Å²) in [6, 6.07) is 8.76. The second-order valence-electron chi connectivity index (χ2n) is 7.20. The Morgan fingerprint density at radius 3 is 2.48 bits per heavy atom. The zero-order chi connectivity index (χ0) is 16.8. The fourth-order valence-corrected chi connectivity index (χ4v) is 5.94. The van der Waals surface area contributed by atoms with Gasteiger partial charge in [0.2, 0.25) is 0 Å². The molecule has 2 aliphatic rings. The summed E-state index contributed by atoms with van der Waals surface area (Å²) in [5, 5.41) is -0.439. The Hall–Kier alpha value is -1.39. The first-order valence-electron chi connectivity index (χ1n) is 8.05. The lowest BCUT2D eigenvalue weighted by atomic mass is 9.86. The van der Waals surface area contributed by atoms with E-state index in [2.05, 4.69) is 12.2 Å². The van der Waals surface area contributed by atoms with E-state index in [1.165, 1.54) is 5.57 Å². The van der Waals surface area contributed by atoms with Crippen molar-refractivity contribution in [2.75, 3.05) is 0 Å². The molecule has 3 atom stereocenters. The van der Waals surface area contributed by atoms with Crippen LogP contribution in [0.25, 0.3) is 0 Å². The standard InChI is InChI=1S/C19H24O3S/c1-13(2)12-16-15-10-11-17(18(15)19(3,4)22-16)23(20,21)14-8-6-5-7-9-14/h5-10,12,16-18H,11H2,1-4H3/t16-,17+,18?/m1/s1. The molecule has 4 heteroatoms. The third-order valence-corrected chi connectivity index (χ3v) is 6.97. The first kappa shape index (κ1) is 16.5. The van der Waals surface area contributed by atoms with Crippen molar-refractivity contribution in [3.05, 3.63) is 53.6 Å². The van der Waals surface area contributed by atoms with Gasteiger partial charge in [-0.1, -0.05) is 35.9 Å². The normalized spacial score (nSPS) is 29.0. The van der Waals surface area contributed by atoms with E-state index in [9.17, 15) is 8.42 Å². The second-order valence-corrected chi connectivity index (χ2v) is 9.37. The van der Waals surface area contributed by atoms with Crippen molar-refractivity contribution in [1.29, 1.82) is 0 Å². The molecule has 0 radical (unpaired) electrons. The van der Waals surface area contributed by atoms with Crippen molar-refractivity contribution in [3.63, 3.8) is 0 Å². The molecule has 1 aromatic carbocycles. The molecule has 3 nitrogen and oxygen atoms in total. The molecule has 1 heterocycles. The van der Waals surface area contributed by atoms with Gasteiger partial charge in [-0.05, 0) is 51.8 Å². The number of hydrogen-bond acceptors (Lipinski definition) is 3. The molecule has 1 saturated heterocycles. The third kappa shape index (κ3) is 2.79. The number of rotatable bonds is 3. The van der Waals surface area contributed by atoms with Gasteiger partial charge in [0.1, 0.15) is 0 Å². The Morgan fingerprint density at radius 1 is 1.22 bits per heavy atom. The van der Waals surface area contributed by atoms with Crippen LogP contribution in [0.1, 0.15) is 34.1 Å². The van der Waals surface area contributed by atoms with Gasteiger partial charge in [-0.2, -0.15) is 0 Å². The van der Waals surface area contributed by atoms with Crippen LogP contribution in [0.3, 0.4) is 0 Å². The maximum atomic E-state index is 13.1. The number of hydrogen-bond donors (Lipinski definition) is 0. The largest absolute Gasteiger partial charge is 0.363 e. The Bertz CT molecular complexity index is 753. The van der Waals surface area contributed by atoms with Crippen LogP contribution in [0.5, 0.6) is 0 Å². The molecular formula is C19H24O3S. The smallest absolute Gasteiger partial charge is 0.182 e. The molecule has 0 bridgehead atoms. The zero-order valence-corrected chi connectivity index (χ0v) is 14.9. The summed E-state index contributed by atoms with van der Waals surface area (Å²) >= 11 is 0. The van der Waals surface area contributed by atoms with E-state index in [0.717, 1.165) is 5.57 Å². The summed E-state index contributed by atoms with van der Waals surface area (Å²) < 4.78 is 32.4. The van der Waals surface area contributed by atoms with Crippen molar-refractivity contribution < 1.29 is 13.2 Å². The number of allylic oxidation sites excluding steroid dienone is 2. The van der Waals surface area contributed by atoms with Crippen molar-refractivity contribution >= 4 is 9.84 Å². The summed E-state index contributed by atoms with van der Waals surface area (Å²) in [6.07, 6.45) is 4.63. The van der Waals surface area contributed by atoms with Crippen LogP contribution < -0.4 is 0 Å². The molecular weight excluding hydrogens is 308 g/mol. The maximum Gasteiger partial charge on any atom is 0.182 e. The van der Waals surface area contributed by atoms with Crippen molar-refractivity contribution in [2.45, 2.75) is 56.0 Å². The molecule has 1 aliphatic carbocycles. The van der Waals surface area contributed by atoms with Crippen LogP contribution in [0.4, 0.5) is 0 Å². The van der Waals surface area contributed by atoms with E-state index in [4.69, 9.17) is 4.74 Å². The summed E-state index contributed by atoms with van der Waals surface area (Å²) in [5.74, 6) is -0.0895. The van der Waals surface area contributed by atoms with Crippen LogP contribution in [0.2, 0.25) is 0 Å². The minimum Gasteiger partial charge on any atom is -0.363 e. The predicted octanol–water partition coefficient (Wildman–Crippen LogP) is 3.92. The van der Waals surface area contributed by atoms with Gasteiger partial charge in [-0.3, -0.25) is 0 Å². The molecule has 0 N–H and O–H groups in total. The Balaban J connectivity index is 1.99. The highest BCUT2D eigenvalue weighted by Gasteiger charge is 2.54. The first-order chi connectivity index (χ1) is 10.7. The Kier molecular flexibility index (Phi) is 4.01. The maximum absolute atomic E-state index is 13.1. The minimum atomic E-state index is -3.37. The summed E-state index contributed by atoms with van der Waals surface area (Å²) in [7, 11) is -3.37. The zero-order valence-electron chi connectivity index (χ0n) is 14.1. The summed E-state index contributed by atoms with van der Waals surface area (Å²) in [5.41, 5.74) is 1.83. The molecule has 1 fully saturated rings. The van der Waals surface area contributed by atoms with E-state index < -0.39 is 20.7 Å². The fraction of sp³-hybridized carbons (Fsp3) is 0.474. The van der Waals surface area contributed by atoms with Gasteiger partial charge in [0.15, 0.2) is 9.84 Å². The molecule has 0 amide bonds. The highest BCUT2D eigenvalue weighted by molar-refractivity contribution is 7.92. The number of ether oxygens (including phenoxy) is 1. The minimum absolute atomic E-state index is 0.0895. The number of fused-ring (bicyclic) bond motifs is 1. The van der Waals surface area contributed by atoms with Gasteiger partial charge < -0.3 is 4.74 Å². The topological polar surface area (TPSA) is 43.4 Å². The quantitative estimate of drug-likeness (QED) is 0.788. The van der Waals surface area contributed by atoms with Crippen molar-refractivity contribution in [1.82, 2.24) is 0 Å². The van der Waals surface area contributed by atoms with Gasteiger partial charge >= 0.3 is 0 Å². The highest BCUT2D eigenvalue weighted by Crippen LogP contribution is 2.50. The molecule has 1 unspecified atom stereocenters. The van der Waals surface area contributed by atoms with Crippen molar-refractivity contribution in [3.8, 4) is 0 Å². The fourth-order valence-electron chi connectivity index (χ4n) is 3.86. The highest BCUT2D eigenvalue weighted by atomic mass is 32.2. The Morgan fingerprint density at radius 2 is 1.87 bits per heavy atom. The van der Waals surface area contributed by atoms with Gasteiger partial charge in [0.25, 0.3) is 0 Å². The van der Waals surface area contributed by atoms with E-state index in [-0.39, 0.29) is 12.0 Å². The molecule has 23 heavy (non-hydrogen) atoms. The molecule has 3 rings (SSSR count). The Labute approximate surface area is 139 Å². The predicted molar refractivity (Wildman–Crippen MR) is 92.0 cm³/mol. The lowest BCUT2D eigenvalue weighted by Gasteiger charge is -2.29. The average molecular weight is 332 g/mol. The van der Waals surface area contributed by atoms with Crippen LogP contribution in [-0.4, -0.2) is 25.4 Å². The van der Waals surface area contributed by atoms with Gasteiger partial charge in [0.05, 0.1) is 21.9 Å².